The van der Waals surface area contributed by atoms with E-state index in [-0.39, 0.29) is 12.0 Å². The number of likely N-dealkylation sites (tertiary alicyclic amines) is 1. The first kappa shape index (κ1) is 13.6. The van der Waals surface area contributed by atoms with Crippen molar-refractivity contribution >= 4 is 5.91 Å². The first-order chi connectivity index (χ1) is 10.2. The highest BCUT2D eigenvalue weighted by atomic mass is 19.1. The molecule has 2 aromatic rings. The lowest BCUT2D eigenvalue weighted by atomic mass is 10.2. The van der Waals surface area contributed by atoms with Crippen molar-refractivity contribution in [2.45, 2.75) is 12.5 Å². The zero-order valence-electron chi connectivity index (χ0n) is 11.5. The predicted molar refractivity (Wildman–Crippen MR) is 77.8 cm³/mol. The number of para-hydroxylation sites is 1. The zero-order valence-corrected chi connectivity index (χ0v) is 11.5. The van der Waals surface area contributed by atoms with Crippen LogP contribution in [0.3, 0.4) is 0 Å². The second kappa shape index (κ2) is 5.95. The maximum Gasteiger partial charge on any atom is 0.254 e. The van der Waals surface area contributed by atoms with Crippen LogP contribution in [-0.4, -0.2) is 30.0 Å². The van der Waals surface area contributed by atoms with Crippen LogP contribution < -0.4 is 4.74 Å². The van der Waals surface area contributed by atoms with Gasteiger partial charge in [-0.2, -0.15) is 0 Å². The molecule has 0 spiro atoms. The van der Waals surface area contributed by atoms with Gasteiger partial charge in [-0.3, -0.25) is 4.79 Å². The number of carbonyl (C=O) groups is 1. The van der Waals surface area contributed by atoms with Gasteiger partial charge < -0.3 is 9.64 Å². The Bertz CT molecular complexity index is 630. The van der Waals surface area contributed by atoms with Gasteiger partial charge in [0, 0.05) is 18.5 Å². The Balaban J connectivity index is 1.63. The standard InChI is InChI=1S/C17H16FNO2/c18-14-6-4-5-13(11-14)17(20)19-10-9-16(12-19)21-15-7-2-1-3-8-15/h1-8,11,16H,9-10,12H2. The van der Waals surface area contributed by atoms with E-state index in [1.807, 2.05) is 30.3 Å². The quantitative estimate of drug-likeness (QED) is 0.867. The van der Waals surface area contributed by atoms with Crippen LogP contribution in [-0.2, 0) is 0 Å². The van der Waals surface area contributed by atoms with Crippen molar-refractivity contribution in [2.24, 2.45) is 0 Å². The molecule has 0 N–H and O–H groups in total. The van der Waals surface area contributed by atoms with E-state index in [4.69, 9.17) is 4.74 Å². The number of nitrogens with zero attached hydrogens (tertiary/aromatic N) is 1. The van der Waals surface area contributed by atoms with Crippen molar-refractivity contribution in [3.8, 4) is 5.75 Å². The van der Waals surface area contributed by atoms with Crippen LogP contribution in [0.25, 0.3) is 0 Å². The van der Waals surface area contributed by atoms with Crippen molar-refractivity contribution in [3.63, 3.8) is 0 Å². The Kier molecular flexibility index (Phi) is 3.86. The molecule has 1 saturated heterocycles. The Morgan fingerprint density at radius 1 is 1.14 bits per heavy atom. The average Bonchev–Trinajstić information content (AvgIpc) is 2.96. The summed E-state index contributed by atoms with van der Waals surface area (Å²) in [4.78, 5) is 14.0. The third kappa shape index (κ3) is 3.21. The number of halogens is 1. The van der Waals surface area contributed by atoms with Crippen molar-refractivity contribution in [2.75, 3.05) is 13.1 Å². The molecule has 1 aliphatic rings. The number of carbonyl (C=O) groups excluding carboxylic acids is 1. The van der Waals surface area contributed by atoms with E-state index >= 15 is 0 Å². The first-order valence-electron chi connectivity index (χ1n) is 6.99. The van der Waals surface area contributed by atoms with E-state index < -0.39 is 5.82 Å². The molecular formula is C17H16FNO2. The lowest BCUT2D eigenvalue weighted by Crippen LogP contribution is -2.30. The lowest BCUT2D eigenvalue weighted by molar-refractivity contribution is 0.0772. The summed E-state index contributed by atoms with van der Waals surface area (Å²) in [5.41, 5.74) is 0.385. The molecule has 0 aromatic heterocycles. The van der Waals surface area contributed by atoms with E-state index in [0.29, 0.717) is 18.7 Å². The highest BCUT2D eigenvalue weighted by Crippen LogP contribution is 2.19. The molecule has 0 bridgehead atoms. The maximum atomic E-state index is 13.2. The van der Waals surface area contributed by atoms with Crippen molar-refractivity contribution in [3.05, 3.63) is 66.0 Å². The van der Waals surface area contributed by atoms with E-state index in [0.717, 1.165) is 12.2 Å². The van der Waals surface area contributed by atoms with Crippen LogP contribution >= 0.6 is 0 Å². The minimum absolute atomic E-state index is 0.00934. The van der Waals surface area contributed by atoms with E-state index in [9.17, 15) is 9.18 Å². The van der Waals surface area contributed by atoms with Gasteiger partial charge in [-0.05, 0) is 30.3 Å². The van der Waals surface area contributed by atoms with Gasteiger partial charge >= 0.3 is 0 Å². The molecule has 2 aromatic carbocycles. The molecule has 1 unspecified atom stereocenters. The number of amides is 1. The molecule has 0 aliphatic carbocycles. The fraction of sp³-hybridized carbons (Fsp3) is 0.235. The molecule has 1 aliphatic heterocycles. The van der Waals surface area contributed by atoms with Gasteiger partial charge in [0.2, 0.25) is 0 Å². The summed E-state index contributed by atoms with van der Waals surface area (Å²) in [6, 6.07) is 15.4. The zero-order chi connectivity index (χ0) is 14.7. The highest BCUT2D eigenvalue weighted by molar-refractivity contribution is 5.94. The summed E-state index contributed by atoms with van der Waals surface area (Å²) in [6.45, 7) is 1.16. The van der Waals surface area contributed by atoms with Gasteiger partial charge in [-0.25, -0.2) is 4.39 Å². The van der Waals surface area contributed by atoms with Crippen LogP contribution in [0.15, 0.2) is 54.6 Å². The van der Waals surface area contributed by atoms with Gasteiger partial charge in [0.05, 0.1) is 6.54 Å². The molecule has 108 valence electrons. The van der Waals surface area contributed by atoms with Crippen LogP contribution in [0.4, 0.5) is 4.39 Å². The van der Waals surface area contributed by atoms with Crippen LogP contribution in [0.5, 0.6) is 5.75 Å². The van der Waals surface area contributed by atoms with Gasteiger partial charge in [-0.1, -0.05) is 24.3 Å². The van der Waals surface area contributed by atoms with Crippen molar-refractivity contribution in [1.82, 2.24) is 4.90 Å². The van der Waals surface area contributed by atoms with E-state index in [1.165, 1.54) is 12.1 Å². The molecule has 1 heterocycles. The largest absolute Gasteiger partial charge is 0.489 e. The number of rotatable bonds is 3. The average molecular weight is 285 g/mol. The normalized spacial score (nSPS) is 17.8. The third-order valence-corrected chi connectivity index (χ3v) is 3.55. The SMILES string of the molecule is O=C(c1cccc(F)c1)N1CCC(Oc2ccccc2)C1. The highest BCUT2D eigenvalue weighted by Gasteiger charge is 2.28. The summed E-state index contributed by atoms with van der Waals surface area (Å²) >= 11 is 0. The van der Waals surface area contributed by atoms with Crippen LogP contribution in [0.2, 0.25) is 0 Å². The lowest BCUT2D eigenvalue weighted by Gasteiger charge is -2.17. The van der Waals surface area contributed by atoms with Gasteiger partial charge in [-0.15, -0.1) is 0 Å². The summed E-state index contributed by atoms with van der Waals surface area (Å²) in [6.07, 6.45) is 0.778. The minimum Gasteiger partial charge on any atom is -0.489 e. The Morgan fingerprint density at radius 3 is 2.71 bits per heavy atom. The predicted octanol–water partition coefficient (Wildman–Crippen LogP) is 3.12. The molecule has 3 nitrogen and oxygen atoms in total. The number of ether oxygens (including phenoxy) is 1. The molecule has 1 atom stereocenters. The Morgan fingerprint density at radius 2 is 1.95 bits per heavy atom. The second-order valence-corrected chi connectivity index (χ2v) is 5.10. The number of hydrogen-bond donors (Lipinski definition) is 0. The molecule has 3 rings (SSSR count). The van der Waals surface area contributed by atoms with Crippen LogP contribution in [0.1, 0.15) is 16.8 Å². The topological polar surface area (TPSA) is 29.5 Å². The molecule has 21 heavy (non-hydrogen) atoms. The van der Waals surface area contributed by atoms with Gasteiger partial charge in [0.1, 0.15) is 17.7 Å². The second-order valence-electron chi connectivity index (χ2n) is 5.10. The van der Waals surface area contributed by atoms with E-state index in [1.54, 1.807) is 17.0 Å². The summed E-state index contributed by atoms with van der Waals surface area (Å²) in [5, 5.41) is 0. The number of benzene rings is 2. The Labute approximate surface area is 123 Å². The molecular weight excluding hydrogens is 269 g/mol. The Hall–Kier alpha value is -2.36. The smallest absolute Gasteiger partial charge is 0.254 e. The van der Waals surface area contributed by atoms with Gasteiger partial charge in [0.15, 0.2) is 0 Å². The summed E-state index contributed by atoms with van der Waals surface area (Å²) < 4.78 is 19.0. The number of hydrogen-bond acceptors (Lipinski definition) is 2. The summed E-state index contributed by atoms with van der Waals surface area (Å²) in [5.74, 6) is 0.272. The molecule has 4 heteroatoms. The van der Waals surface area contributed by atoms with Crippen molar-refractivity contribution < 1.29 is 13.9 Å². The first-order valence-corrected chi connectivity index (χ1v) is 6.99. The molecule has 1 fully saturated rings. The maximum absolute atomic E-state index is 13.2. The van der Waals surface area contributed by atoms with Crippen LogP contribution in [0, 0.1) is 5.82 Å². The van der Waals surface area contributed by atoms with Crippen molar-refractivity contribution in [1.29, 1.82) is 0 Å². The fourth-order valence-corrected chi connectivity index (χ4v) is 2.50. The fourth-order valence-electron chi connectivity index (χ4n) is 2.50. The third-order valence-electron chi connectivity index (χ3n) is 3.55. The monoisotopic (exact) mass is 285 g/mol. The minimum atomic E-state index is -0.392. The molecule has 0 radical (unpaired) electrons. The summed E-state index contributed by atoms with van der Waals surface area (Å²) in [7, 11) is 0. The molecule has 1 amide bonds. The van der Waals surface area contributed by atoms with E-state index in [2.05, 4.69) is 0 Å². The molecule has 0 saturated carbocycles. The van der Waals surface area contributed by atoms with Gasteiger partial charge in [0.25, 0.3) is 5.91 Å².